The molecule has 0 unspecified atom stereocenters. The molecular formula is C24H20FN5O4S. The lowest BCUT2D eigenvalue weighted by atomic mass is 10.2. The lowest BCUT2D eigenvalue weighted by Gasteiger charge is -2.11. The van der Waals surface area contributed by atoms with E-state index in [0.29, 0.717) is 22.2 Å². The van der Waals surface area contributed by atoms with Crippen LogP contribution in [0.3, 0.4) is 0 Å². The van der Waals surface area contributed by atoms with E-state index in [1.165, 1.54) is 55.6 Å². The minimum Gasteiger partial charge on any atom is -0.326 e. The van der Waals surface area contributed by atoms with Gasteiger partial charge in [0.05, 0.1) is 28.6 Å². The minimum absolute atomic E-state index is 0.0375. The number of carbonyl (C=O) groups is 1. The third-order valence-electron chi connectivity index (χ3n) is 4.90. The maximum absolute atomic E-state index is 13.5. The third-order valence-corrected chi connectivity index (χ3v) is 6.31. The van der Waals surface area contributed by atoms with Crippen molar-refractivity contribution in [2.45, 2.75) is 18.4 Å². The van der Waals surface area contributed by atoms with Gasteiger partial charge in [-0.3, -0.25) is 9.59 Å². The molecule has 0 aliphatic rings. The second-order valence-electron chi connectivity index (χ2n) is 7.49. The molecule has 11 heteroatoms. The summed E-state index contributed by atoms with van der Waals surface area (Å²) in [5, 5.41) is 7.01. The SMILES string of the molecule is CC(=O)Nc1ccc(S(=O)(=O)NCc2nc3ccccc3c(=O)n2/N=C/c2cccc(F)c2)cc1. The highest BCUT2D eigenvalue weighted by Crippen LogP contribution is 2.15. The molecule has 1 heterocycles. The minimum atomic E-state index is -3.98. The summed E-state index contributed by atoms with van der Waals surface area (Å²) in [5.74, 6) is -0.701. The first kappa shape index (κ1) is 23.9. The number of anilines is 1. The van der Waals surface area contributed by atoms with Crippen LogP contribution in [0.15, 0.2) is 87.6 Å². The van der Waals surface area contributed by atoms with E-state index in [9.17, 15) is 22.4 Å². The topological polar surface area (TPSA) is 123 Å². The number of nitrogens with one attached hydrogen (secondary N) is 2. The molecule has 178 valence electrons. The number of sulfonamides is 1. The maximum atomic E-state index is 13.5. The number of amides is 1. The van der Waals surface area contributed by atoms with Gasteiger partial charge in [0.1, 0.15) is 11.6 Å². The molecule has 4 rings (SSSR count). The van der Waals surface area contributed by atoms with Crippen molar-refractivity contribution in [2.75, 3.05) is 5.32 Å². The molecule has 0 fully saturated rings. The van der Waals surface area contributed by atoms with Gasteiger partial charge in [0.2, 0.25) is 15.9 Å². The predicted molar refractivity (Wildman–Crippen MR) is 130 cm³/mol. The first-order valence-corrected chi connectivity index (χ1v) is 11.9. The molecule has 1 aromatic heterocycles. The van der Waals surface area contributed by atoms with Gasteiger partial charge >= 0.3 is 0 Å². The molecule has 9 nitrogen and oxygen atoms in total. The first-order chi connectivity index (χ1) is 16.7. The second-order valence-corrected chi connectivity index (χ2v) is 9.26. The highest BCUT2D eigenvalue weighted by Gasteiger charge is 2.17. The van der Waals surface area contributed by atoms with E-state index in [2.05, 4.69) is 20.1 Å². The largest absolute Gasteiger partial charge is 0.326 e. The van der Waals surface area contributed by atoms with Crippen LogP contribution >= 0.6 is 0 Å². The van der Waals surface area contributed by atoms with Crippen LogP contribution in [0, 0.1) is 5.82 Å². The second kappa shape index (κ2) is 9.95. The molecule has 0 aliphatic carbocycles. The van der Waals surface area contributed by atoms with Crippen LogP contribution in [0.5, 0.6) is 0 Å². The summed E-state index contributed by atoms with van der Waals surface area (Å²) in [6, 6.07) is 17.9. The van der Waals surface area contributed by atoms with Crippen LogP contribution in [0.1, 0.15) is 18.3 Å². The molecule has 2 N–H and O–H groups in total. The van der Waals surface area contributed by atoms with Crippen LogP contribution in [-0.2, 0) is 21.4 Å². The van der Waals surface area contributed by atoms with Gasteiger partial charge in [-0.05, 0) is 54.1 Å². The number of aromatic nitrogens is 2. The molecule has 0 radical (unpaired) electrons. The molecule has 0 saturated carbocycles. The monoisotopic (exact) mass is 493 g/mol. The molecule has 0 spiro atoms. The lowest BCUT2D eigenvalue weighted by Crippen LogP contribution is -2.29. The fourth-order valence-corrected chi connectivity index (χ4v) is 4.26. The fraction of sp³-hybridized carbons (Fsp3) is 0.0833. The van der Waals surface area contributed by atoms with Crippen molar-refractivity contribution in [3.8, 4) is 0 Å². The molecule has 0 saturated heterocycles. The van der Waals surface area contributed by atoms with Crippen LogP contribution in [0.4, 0.5) is 10.1 Å². The average Bonchev–Trinajstić information content (AvgIpc) is 2.82. The van der Waals surface area contributed by atoms with Gasteiger partial charge < -0.3 is 5.32 Å². The Balaban J connectivity index is 1.67. The van der Waals surface area contributed by atoms with E-state index < -0.39 is 21.4 Å². The maximum Gasteiger partial charge on any atom is 0.282 e. The van der Waals surface area contributed by atoms with E-state index in [0.717, 1.165) is 4.68 Å². The van der Waals surface area contributed by atoms with Crippen molar-refractivity contribution in [3.63, 3.8) is 0 Å². The van der Waals surface area contributed by atoms with Crippen molar-refractivity contribution in [3.05, 3.63) is 100 Å². The average molecular weight is 494 g/mol. The Morgan fingerprint density at radius 2 is 1.83 bits per heavy atom. The number of carbonyl (C=O) groups excluding carboxylic acids is 1. The lowest BCUT2D eigenvalue weighted by molar-refractivity contribution is -0.114. The van der Waals surface area contributed by atoms with Crippen molar-refractivity contribution >= 4 is 38.7 Å². The smallest absolute Gasteiger partial charge is 0.282 e. The Morgan fingerprint density at radius 1 is 1.09 bits per heavy atom. The molecule has 3 aromatic carbocycles. The zero-order valence-electron chi connectivity index (χ0n) is 18.5. The van der Waals surface area contributed by atoms with E-state index >= 15 is 0 Å². The molecule has 4 aromatic rings. The number of rotatable bonds is 7. The Bertz CT molecular complexity index is 1600. The van der Waals surface area contributed by atoms with Crippen LogP contribution in [0.2, 0.25) is 0 Å². The molecule has 35 heavy (non-hydrogen) atoms. The van der Waals surface area contributed by atoms with Gasteiger partial charge in [0, 0.05) is 12.6 Å². The Labute approximate surface area is 200 Å². The molecule has 0 aliphatic heterocycles. The highest BCUT2D eigenvalue weighted by atomic mass is 32.2. The van der Waals surface area contributed by atoms with Crippen LogP contribution in [-0.4, -0.2) is 30.2 Å². The highest BCUT2D eigenvalue weighted by molar-refractivity contribution is 7.89. The Morgan fingerprint density at radius 3 is 2.54 bits per heavy atom. The summed E-state index contributed by atoms with van der Waals surface area (Å²) in [5.41, 5.74) is 0.740. The number of benzene rings is 3. The summed E-state index contributed by atoms with van der Waals surface area (Å²) in [6.45, 7) is 1.01. The predicted octanol–water partition coefficient (Wildman–Crippen LogP) is 2.85. The molecule has 0 atom stereocenters. The quantitative estimate of drug-likeness (QED) is 0.384. The number of nitrogens with zero attached hydrogens (tertiary/aromatic N) is 3. The van der Waals surface area contributed by atoms with Crippen LogP contribution < -0.4 is 15.6 Å². The van der Waals surface area contributed by atoms with Gasteiger partial charge in [0.25, 0.3) is 5.56 Å². The Kier molecular flexibility index (Phi) is 6.80. The zero-order valence-corrected chi connectivity index (χ0v) is 19.3. The zero-order chi connectivity index (χ0) is 25.0. The summed E-state index contributed by atoms with van der Waals surface area (Å²) in [4.78, 5) is 28.6. The van der Waals surface area contributed by atoms with Crippen molar-refractivity contribution in [1.82, 2.24) is 14.4 Å². The summed E-state index contributed by atoms with van der Waals surface area (Å²) in [7, 11) is -3.98. The number of fused-ring (bicyclic) bond motifs is 1. The van der Waals surface area contributed by atoms with E-state index in [1.807, 2.05) is 0 Å². The van der Waals surface area contributed by atoms with Gasteiger partial charge in [-0.2, -0.15) is 9.78 Å². The van der Waals surface area contributed by atoms with Crippen molar-refractivity contribution in [2.24, 2.45) is 5.10 Å². The summed E-state index contributed by atoms with van der Waals surface area (Å²) >= 11 is 0. The number of para-hydroxylation sites is 1. The van der Waals surface area contributed by atoms with E-state index in [-0.39, 0.29) is 23.2 Å². The standard InChI is InChI=1S/C24H20FN5O4S/c1-16(31)28-19-9-11-20(12-10-19)35(33,34)27-15-23-29-22-8-3-2-7-21(22)24(32)30(23)26-14-17-5-4-6-18(25)13-17/h2-14,27H,15H2,1H3,(H,28,31)/b26-14+. The Hall–Kier alpha value is -4.22. The summed E-state index contributed by atoms with van der Waals surface area (Å²) < 4.78 is 42.6. The normalized spacial score (nSPS) is 11.7. The first-order valence-electron chi connectivity index (χ1n) is 10.4. The van der Waals surface area contributed by atoms with Gasteiger partial charge in [-0.15, -0.1) is 0 Å². The van der Waals surface area contributed by atoms with Gasteiger partial charge in [-0.25, -0.2) is 22.5 Å². The molecular weight excluding hydrogens is 473 g/mol. The number of hydrogen-bond donors (Lipinski definition) is 2. The summed E-state index contributed by atoms with van der Waals surface area (Å²) in [6.07, 6.45) is 1.29. The third kappa shape index (κ3) is 5.65. The van der Waals surface area contributed by atoms with Crippen LogP contribution in [0.25, 0.3) is 10.9 Å². The number of halogens is 1. The van der Waals surface area contributed by atoms with E-state index in [1.54, 1.807) is 30.3 Å². The number of hydrogen-bond acceptors (Lipinski definition) is 6. The van der Waals surface area contributed by atoms with E-state index in [4.69, 9.17) is 0 Å². The van der Waals surface area contributed by atoms with Crippen molar-refractivity contribution < 1.29 is 17.6 Å². The fourth-order valence-electron chi connectivity index (χ4n) is 3.28. The van der Waals surface area contributed by atoms with Gasteiger partial charge in [-0.1, -0.05) is 24.3 Å². The molecule has 0 bridgehead atoms. The molecule has 1 amide bonds. The van der Waals surface area contributed by atoms with Crippen molar-refractivity contribution in [1.29, 1.82) is 0 Å². The van der Waals surface area contributed by atoms with Gasteiger partial charge in [0.15, 0.2) is 0 Å².